The van der Waals surface area contributed by atoms with Crippen LogP contribution in [-0.4, -0.2) is 62.9 Å². The molecule has 1 aliphatic heterocycles. The van der Waals surface area contributed by atoms with Crippen molar-refractivity contribution in [3.63, 3.8) is 0 Å². The van der Waals surface area contributed by atoms with Crippen molar-refractivity contribution in [2.24, 2.45) is 0 Å². The van der Waals surface area contributed by atoms with E-state index in [0.717, 1.165) is 65.2 Å². The van der Waals surface area contributed by atoms with E-state index in [9.17, 15) is 0 Å². The molecular weight excluding hydrogens is 234 g/mol. The maximum Gasteiger partial charge on any atom is 0.0823 e. The van der Waals surface area contributed by atoms with Gasteiger partial charge in [-0.2, -0.15) is 0 Å². The lowest BCUT2D eigenvalue weighted by molar-refractivity contribution is -0.0746. The third kappa shape index (κ3) is 5.20. The summed E-state index contributed by atoms with van der Waals surface area (Å²) in [5.41, 5.74) is 0. The van der Waals surface area contributed by atoms with Crippen LogP contribution in [0.3, 0.4) is 0 Å². The molecule has 0 radical (unpaired) electrons. The Morgan fingerprint density at radius 3 is 2.00 bits per heavy atom. The zero-order chi connectivity index (χ0) is 12.6. The van der Waals surface area contributed by atoms with Crippen LogP contribution in [0.25, 0.3) is 0 Å². The fourth-order valence-electron chi connectivity index (χ4n) is 1.98. The summed E-state index contributed by atoms with van der Waals surface area (Å²) >= 11 is 0. The lowest BCUT2D eigenvalue weighted by Gasteiger charge is -2.31. The third-order valence-electron chi connectivity index (χ3n) is 3.39. The summed E-state index contributed by atoms with van der Waals surface area (Å²) in [5, 5.41) is 12.3. The average Bonchev–Trinajstić information content (AvgIpc) is 2.26. The molecule has 2 fully saturated rings. The van der Waals surface area contributed by atoms with Crippen molar-refractivity contribution in [3.05, 3.63) is 0 Å². The molecule has 0 bridgehead atoms. The van der Waals surface area contributed by atoms with Gasteiger partial charge in [0, 0.05) is 39.5 Å². The van der Waals surface area contributed by atoms with Crippen LogP contribution in [0.5, 0.6) is 0 Å². The van der Waals surface area contributed by atoms with E-state index in [0.29, 0.717) is 6.10 Å². The highest BCUT2D eigenvalue weighted by molar-refractivity contribution is 4.78. The Hall–Kier alpha value is -0.200. The first-order chi connectivity index (χ1) is 8.84. The second-order valence-electron chi connectivity index (χ2n) is 5.09. The van der Waals surface area contributed by atoms with Crippen LogP contribution >= 0.6 is 0 Å². The third-order valence-corrected chi connectivity index (χ3v) is 3.39. The zero-order valence-corrected chi connectivity index (χ0v) is 11.0. The number of aliphatic hydroxyl groups excluding tert-OH is 1. The molecule has 18 heavy (non-hydrogen) atoms. The van der Waals surface area contributed by atoms with Gasteiger partial charge in [-0.3, -0.25) is 0 Å². The van der Waals surface area contributed by atoms with Gasteiger partial charge in [-0.25, -0.2) is 0 Å². The van der Waals surface area contributed by atoms with Crippen LogP contribution in [0.1, 0.15) is 25.7 Å². The Morgan fingerprint density at radius 1 is 0.889 bits per heavy atom. The first-order valence-corrected chi connectivity index (χ1v) is 7.04. The standard InChI is InChI=1S/C13H25NO4/c15-11-7-12(8-11)17-5-1-3-16-4-2-6-18-13-9-14-10-13/h11-15H,1-10H2/t11-,12-. The topological polar surface area (TPSA) is 60.0 Å². The zero-order valence-electron chi connectivity index (χ0n) is 11.0. The van der Waals surface area contributed by atoms with Crippen LogP contribution in [0.2, 0.25) is 0 Å². The summed E-state index contributed by atoms with van der Waals surface area (Å²) in [7, 11) is 0. The molecule has 2 aliphatic rings. The van der Waals surface area contributed by atoms with Gasteiger partial charge in [-0.05, 0) is 25.7 Å². The van der Waals surface area contributed by atoms with Gasteiger partial charge in [-0.15, -0.1) is 0 Å². The highest BCUT2D eigenvalue weighted by atomic mass is 16.5. The van der Waals surface area contributed by atoms with Crippen LogP contribution in [0, 0.1) is 0 Å². The Kier molecular flexibility index (Phi) is 6.37. The lowest BCUT2D eigenvalue weighted by atomic mass is 9.92. The van der Waals surface area contributed by atoms with Gasteiger partial charge >= 0.3 is 0 Å². The average molecular weight is 259 g/mol. The van der Waals surface area contributed by atoms with Gasteiger partial charge < -0.3 is 24.6 Å². The van der Waals surface area contributed by atoms with E-state index in [2.05, 4.69) is 5.32 Å². The van der Waals surface area contributed by atoms with E-state index in [4.69, 9.17) is 19.3 Å². The van der Waals surface area contributed by atoms with Crippen molar-refractivity contribution in [2.75, 3.05) is 39.5 Å². The Morgan fingerprint density at radius 2 is 1.50 bits per heavy atom. The van der Waals surface area contributed by atoms with Crippen LogP contribution in [0.4, 0.5) is 0 Å². The predicted octanol–water partition coefficient (Wildman–Crippen LogP) is 0.312. The molecule has 0 aromatic rings. The number of hydrogen-bond acceptors (Lipinski definition) is 5. The molecule has 0 aromatic carbocycles. The van der Waals surface area contributed by atoms with Crippen molar-refractivity contribution in [2.45, 2.75) is 44.0 Å². The molecule has 1 heterocycles. The van der Waals surface area contributed by atoms with Crippen LogP contribution < -0.4 is 5.32 Å². The first kappa shape index (κ1) is 14.2. The molecule has 2 rings (SSSR count). The van der Waals surface area contributed by atoms with E-state index in [1.54, 1.807) is 0 Å². The highest BCUT2D eigenvalue weighted by Gasteiger charge is 2.27. The van der Waals surface area contributed by atoms with Crippen LogP contribution in [-0.2, 0) is 14.2 Å². The molecule has 1 saturated carbocycles. The molecule has 106 valence electrons. The number of ether oxygens (including phenoxy) is 3. The molecule has 0 spiro atoms. The lowest BCUT2D eigenvalue weighted by Crippen LogP contribution is -2.48. The van der Waals surface area contributed by atoms with Gasteiger partial charge in [0.1, 0.15) is 0 Å². The predicted molar refractivity (Wildman–Crippen MR) is 67.6 cm³/mol. The summed E-state index contributed by atoms with van der Waals surface area (Å²) in [6.07, 6.45) is 4.08. The molecular formula is C13H25NO4. The fourth-order valence-corrected chi connectivity index (χ4v) is 1.98. The van der Waals surface area contributed by atoms with Gasteiger partial charge in [0.25, 0.3) is 0 Å². The monoisotopic (exact) mass is 259 g/mol. The SMILES string of the molecule is O[C@H]1C[C@H](OCCCOCCCOC2CNC2)C1. The first-order valence-electron chi connectivity index (χ1n) is 7.04. The minimum Gasteiger partial charge on any atom is -0.393 e. The molecule has 1 aliphatic carbocycles. The minimum atomic E-state index is -0.128. The Bertz CT molecular complexity index is 217. The second-order valence-corrected chi connectivity index (χ2v) is 5.09. The van der Waals surface area contributed by atoms with Crippen molar-refractivity contribution in [1.29, 1.82) is 0 Å². The van der Waals surface area contributed by atoms with E-state index in [1.165, 1.54) is 0 Å². The molecule has 2 N–H and O–H groups in total. The molecule has 5 nitrogen and oxygen atoms in total. The van der Waals surface area contributed by atoms with E-state index in [-0.39, 0.29) is 12.2 Å². The largest absolute Gasteiger partial charge is 0.393 e. The summed E-state index contributed by atoms with van der Waals surface area (Å²) in [6.45, 7) is 5.04. The fraction of sp³-hybridized carbons (Fsp3) is 1.00. The van der Waals surface area contributed by atoms with Crippen molar-refractivity contribution in [1.82, 2.24) is 5.32 Å². The van der Waals surface area contributed by atoms with Crippen LogP contribution in [0.15, 0.2) is 0 Å². The molecule has 5 heteroatoms. The number of hydrogen-bond donors (Lipinski definition) is 2. The number of aliphatic hydroxyl groups is 1. The molecule has 0 amide bonds. The van der Waals surface area contributed by atoms with Crippen molar-refractivity contribution < 1.29 is 19.3 Å². The smallest absolute Gasteiger partial charge is 0.0823 e. The van der Waals surface area contributed by atoms with Crippen molar-refractivity contribution >= 4 is 0 Å². The van der Waals surface area contributed by atoms with Gasteiger partial charge in [-0.1, -0.05) is 0 Å². The summed E-state index contributed by atoms with van der Waals surface area (Å²) in [5.74, 6) is 0. The summed E-state index contributed by atoms with van der Waals surface area (Å²) in [4.78, 5) is 0. The number of nitrogens with one attached hydrogen (secondary N) is 1. The molecule has 0 aromatic heterocycles. The van der Waals surface area contributed by atoms with E-state index in [1.807, 2.05) is 0 Å². The van der Waals surface area contributed by atoms with Gasteiger partial charge in [0.05, 0.1) is 18.3 Å². The minimum absolute atomic E-state index is 0.128. The van der Waals surface area contributed by atoms with Gasteiger partial charge in [0.2, 0.25) is 0 Å². The number of rotatable bonds is 10. The Labute approximate surface area is 109 Å². The second kappa shape index (κ2) is 8.07. The van der Waals surface area contributed by atoms with Crippen molar-refractivity contribution in [3.8, 4) is 0 Å². The summed E-state index contributed by atoms with van der Waals surface area (Å²) in [6, 6.07) is 0. The van der Waals surface area contributed by atoms with E-state index >= 15 is 0 Å². The highest BCUT2D eigenvalue weighted by Crippen LogP contribution is 2.22. The Balaban J connectivity index is 1.25. The van der Waals surface area contributed by atoms with Gasteiger partial charge in [0.15, 0.2) is 0 Å². The summed E-state index contributed by atoms with van der Waals surface area (Å²) < 4.78 is 16.6. The maximum absolute atomic E-state index is 9.08. The molecule has 0 atom stereocenters. The quantitative estimate of drug-likeness (QED) is 0.553. The van der Waals surface area contributed by atoms with E-state index < -0.39 is 0 Å². The molecule has 1 saturated heterocycles. The molecule has 0 unspecified atom stereocenters. The maximum atomic E-state index is 9.08. The normalized spacial score (nSPS) is 27.8.